The van der Waals surface area contributed by atoms with Crippen LogP contribution in [0.15, 0.2) is 18.2 Å². The molecule has 0 amide bonds. The molecule has 84 valence electrons. The minimum absolute atomic E-state index is 0.353. The zero-order valence-electron chi connectivity index (χ0n) is 9.31. The van der Waals surface area contributed by atoms with Gasteiger partial charge in [0.1, 0.15) is 0 Å². The van der Waals surface area contributed by atoms with Crippen molar-refractivity contribution in [2.75, 3.05) is 30.3 Å². The predicted octanol–water partition coefficient (Wildman–Crippen LogP) is 1.31. The maximum Gasteiger partial charge on any atom is 0.161 e. The minimum atomic E-state index is -0.353. The molecule has 1 aliphatic heterocycles. The number of hydrogen-bond donors (Lipinski definition) is 1. The molecule has 2 rings (SSSR count). The molecule has 1 atom stereocenters. The van der Waals surface area contributed by atoms with Crippen molar-refractivity contribution in [2.24, 2.45) is 0 Å². The number of nitrogens with zero attached hydrogens (tertiary/aromatic N) is 2. The molecular weight excluding hydrogens is 202 g/mol. The van der Waals surface area contributed by atoms with Gasteiger partial charge in [-0.2, -0.15) is 5.26 Å². The summed E-state index contributed by atoms with van der Waals surface area (Å²) in [6.45, 7) is 3.93. The Morgan fingerprint density at radius 2 is 2.38 bits per heavy atom. The SMILES string of the molecule is Cc1cccc(N2CCOC(C#N)C2)c1N. The zero-order valence-corrected chi connectivity index (χ0v) is 9.31. The second-order valence-corrected chi connectivity index (χ2v) is 3.94. The fourth-order valence-electron chi connectivity index (χ4n) is 1.89. The van der Waals surface area contributed by atoms with E-state index in [4.69, 9.17) is 15.7 Å². The molecular formula is C12H15N3O. The lowest BCUT2D eigenvalue weighted by atomic mass is 10.1. The number of nitrogens with two attached hydrogens (primary N) is 1. The van der Waals surface area contributed by atoms with Gasteiger partial charge in [0, 0.05) is 6.54 Å². The first kappa shape index (κ1) is 10.8. The third-order valence-electron chi connectivity index (χ3n) is 2.85. The van der Waals surface area contributed by atoms with Crippen molar-refractivity contribution >= 4 is 11.4 Å². The lowest BCUT2D eigenvalue weighted by Crippen LogP contribution is -2.42. The second-order valence-electron chi connectivity index (χ2n) is 3.94. The fourth-order valence-corrected chi connectivity index (χ4v) is 1.89. The van der Waals surface area contributed by atoms with Gasteiger partial charge in [0.15, 0.2) is 6.10 Å². The molecule has 1 saturated heterocycles. The van der Waals surface area contributed by atoms with Crippen LogP contribution in [-0.4, -0.2) is 25.8 Å². The zero-order chi connectivity index (χ0) is 11.5. The van der Waals surface area contributed by atoms with E-state index in [-0.39, 0.29) is 6.10 Å². The van der Waals surface area contributed by atoms with E-state index in [1.807, 2.05) is 25.1 Å². The summed E-state index contributed by atoms with van der Waals surface area (Å²) in [7, 11) is 0. The quantitative estimate of drug-likeness (QED) is 0.720. The summed E-state index contributed by atoms with van der Waals surface area (Å²) in [6, 6.07) is 8.09. The standard InChI is InChI=1S/C12H15N3O/c1-9-3-2-4-11(12(9)14)15-5-6-16-10(7-13)8-15/h2-4,10H,5-6,8,14H2,1H3. The van der Waals surface area contributed by atoms with E-state index in [2.05, 4.69) is 11.0 Å². The molecule has 1 fully saturated rings. The Balaban J connectivity index is 2.24. The van der Waals surface area contributed by atoms with Gasteiger partial charge in [-0.05, 0) is 18.6 Å². The second kappa shape index (κ2) is 4.42. The highest BCUT2D eigenvalue weighted by atomic mass is 16.5. The third-order valence-corrected chi connectivity index (χ3v) is 2.85. The van der Waals surface area contributed by atoms with Crippen LogP contribution in [0.4, 0.5) is 11.4 Å². The summed E-state index contributed by atoms with van der Waals surface area (Å²) in [6.07, 6.45) is -0.353. The first-order valence-electron chi connectivity index (χ1n) is 5.33. The van der Waals surface area contributed by atoms with Gasteiger partial charge in [0.2, 0.25) is 0 Å². The maximum atomic E-state index is 8.85. The summed E-state index contributed by atoms with van der Waals surface area (Å²) in [5, 5.41) is 8.85. The lowest BCUT2D eigenvalue weighted by Gasteiger charge is -2.32. The van der Waals surface area contributed by atoms with E-state index in [0.29, 0.717) is 13.2 Å². The Morgan fingerprint density at radius 3 is 3.12 bits per heavy atom. The van der Waals surface area contributed by atoms with Crippen LogP contribution >= 0.6 is 0 Å². The van der Waals surface area contributed by atoms with E-state index in [9.17, 15) is 0 Å². The summed E-state index contributed by atoms with van der Waals surface area (Å²) in [5.41, 5.74) is 8.90. The van der Waals surface area contributed by atoms with Gasteiger partial charge in [-0.3, -0.25) is 0 Å². The fraction of sp³-hybridized carbons (Fsp3) is 0.417. The van der Waals surface area contributed by atoms with E-state index in [0.717, 1.165) is 23.5 Å². The molecule has 1 unspecified atom stereocenters. The maximum absolute atomic E-state index is 8.85. The number of ether oxygens (including phenoxy) is 1. The average Bonchev–Trinajstić information content (AvgIpc) is 2.33. The first-order chi connectivity index (χ1) is 7.72. The molecule has 1 heterocycles. The molecule has 4 heteroatoms. The number of hydrogen-bond acceptors (Lipinski definition) is 4. The summed E-state index contributed by atoms with van der Waals surface area (Å²) < 4.78 is 5.31. The van der Waals surface area contributed by atoms with Crippen LogP contribution in [-0.2, 0) is 4.74 Å². The number of nitrogen functional groups attached to an aromatic ring is 1. The summed E-state index contributed by atoms with van der Waals surface area (Å²) in [5.74, 6) is 0. The molecule has 0 aliphatic carbocycles. The molecule has 0 bridgehead atoms. The molecule has 0 radical (unpaired) electrons. The Bertz CT molecular complexity index is 425. The Morgan fingerprint density at radius 1 is 1.56 bits per heavy atom. The highest BCUT2D eigenvalue weighted by Gasteiger charge is 2.21. The van der Waals surface area contributed by atoms with Gasteiger partial charge < -0.3 is 15.4 Å². The van der Waals surface area contributed by atoms with Crippen LogP contribution in [0.25, 0.3) is 0 Å². The highest BCUT2D eigenvalue weighted by Crippen LogP contribution is 2.27. The van der Waals surface area contributed by atoms with Crippen molar-refractivity contribution in [3.63, 3.8) is 0 Å². The Labute approximate surface area is 95.2 Å². The average molecular weight is 217 g/mol. The summed E-state index contributed by atoms with van der Waals surface area (Å²) >= 11 is 0. The van der Waals surface area contributed by atoms with Crippen molar-refractivity contribution in [1.82, 2.24) is 0 Å². The smallest absolute Gasteiger partial charge is 0.161 e. The molecule has 0 saturated carbocycles. The monoisotopic (exact) mass is 217 g/mol. The molecule has 1 aromatic carbocycles. The molecule has 2 N–H and O–H groups in total. The Kier molecular flexibility index (Phi) is 2.97. The predicted molar refractivity (Wildman–Crippen MR) is 63.2 cm³/mol. The van der Waals surface area contributed by atoms with Gasteiger partial charge in [0.05, 0.1) is 30.6 Å². The van der Waals surface area contributed by atoms with Crippen molar-refractivity contribution in [1.29, 1.82) is 5.26 Å². The summed E-state index contributed by atoms with van der Waals surface area (Å²) in [4.78, 5) is 2.11. The van der Waals surface area contributed by atoms with Crippen LogP contribution in [0.3, 0.4) is 0 Å². The number of morpholine rings is 1. The van der Waals surface area contributed by atoms with Crippen molar-refractivity contribution in [2.45, 2.75) is 13.0 Å². The van der Waals surface area contributed by atoms with Crippen LogP contribution in [0.2, 0.25) is 0 Å². The van der Waals surface area contributed by atoms with Gasteiger partial charge >= 0.3 is 0 Å². The molecule has 0 aromatic heterocycles. The number of rotatable bonds is 1. The largest absolute Gasteiger partial charge is 0.397 e. The van der Waals surface area contributed by atoms with Crippen molar-refractivity contribution < 1.29 is 4.74 Å². The molecule has 4 nitrogen and oxygen atoms in total. The van der Waals surface area contributed by atoms with Crippen LogP contribution in [0.1, 0.15) is 5.56 Å². The first-order valence-corrected chi connectivity index (χ1v) is 5.33. The van der Waals surface area contributed by atoms with E-state index in [1.54, 1.807) is 0 Å². The Hall–Kier alpha value is -1.73. The number of aryl methyl sites for hydroxylation is 1. The van der Waals surface area contributed by atoms with Crippen LogP contribution in [0.5, 0.6) is 0 Å². The van der Waals surface area contributed by atoms with E-state index >= 15 is 0 Å². The van der Waals surface area contributed by atoms with Crippen LogP contribution in [0, 0.1) is 18.3 Å². The number of nitriles is 1. The molecule has 16 heavy (non-hydrogen) atoms. The molecule has 0 spiro atoms. The number of anilines is 2. The number of para-hydroxylation sites is 1. The number of benzene rings is 1. The lowest BCUT2D eigenvalue weighted by molar-refractivity contribution is 0.0765. The van der Waals surface area contributed by atoms with Gasteiger partial charge in [-0.1, -0.05) is 12.1 Å². The normalized spacial score (nSPS) is 20.5. The third kappa shape index (κ3) is 1.95. The van der Waals surface area contributed by atoms with E-state index < -0.39 is 0 Å². The minimum Gasteiger partial charge on any atom is -0.397 e. The molecule has 1 aromatic rings. The van der Waals surface area contributed by atoms with Crippen molar-refractivity contribution in [3.05, 3.63) is 23.8 Å². The molecule has 1 aliphatic rings. The van der Waals surface area contributed by atoms with Gasteiger partial charge in [-0.25, -0.2) is 0 Å². The van der Waals surface area contributed by atoms with Crippen LogP contribution < -0.4 is 10.6 Å². The highest BCUT2D eigenvalue weighted by molar-refractivity contribution is 5.71. The van der Waals surface area contributed by atoms with Crippen molar-refractivity contribution in [3.8, 4) is 6.07 Å². The van der Waals surface area contributed by atoms with E-state index in [1.165, 1.54) is 0 Å². The van der Waals surface area contributed by atoms with Gasteiger partial charge in [-0.15, -0.1) is 0 Å². The van der Waals surface area contributed by atoms with Gasteiger partial charge in [0.25, 0.3) is 0 Å². The topological polar surface area (TPSA) is 62.3 Å².